The van der Waals surface area contributed by atoms with Gasteiger partial charge in [-0.15, -0.1) is 0 Å². The van der Waals surface area contributed by atoms with Crippen molar-refractivity contribution in [2.24, 2.45) is 0 Å². The van der Waals surface area contributed by atoms with Gasteiger partial charge >= 0.3 is 6.11 Å². The normalized spacial score (nSPS) is 16.8. The molecule has 0 unspecified atom stereocenters. The van der Waals surface area contributed by atoms with E-state index >= 15 is 0 Å². The first-order chi connectivity index (χ1) is 11.7. The molecular weight excluding hydrogens is 341 g/mol. The van der Waals surface area contributed by atoms with Crippen LogP contribution in [0.2, 0.25) is 0 Å². The molecule has 2 rings (SSSR count). The van der Waals surface area contributed by atoms with Gasteiger partial charge in [-0.3, -0.25) is 0 Å². The van der Waals surface area contributed by atoms with Gasteiger partial charge in [-0.2, -0.15) is 8.78 Å². The number of ether oxygens (including phenoxy) is 3. The summed E-state index contributed by atoms with van der Waals surface area (Å²) in [5, 5.41) is 10.1. The van der Waals surface area contributed by atoms with E-state index in [0.29, 0.717) is 5.56 Å². The highest BCUT2D eigenvalue weighted by Gasteiger charge is 2.32. The number of alkyl halides is 2. The van der Waals surface area contributed by atoms with E-state index in [0.717, 1.165) is 25.7 Å². The average molecular weight is 361 g/mol. The van der Waals surface area contributed by atoms with Crippen LogP contribution in [0.15, 0.2) is 18.2 Å². The Labute approximate surface area is 143 Å². The van der Waals surface area contributed by atoms with Crippen molar-refractivity contribution in [3.63, 3.8) is 0 Å². The molecule has 140 valence electrons. The summed E-state index contributed by atoms with van der Waals surface area (Å²) in [6.07, 6.45) is -0.555. The lowest BCUT2D eigenvalue weighted by molar-refractivity contribution is -0.363. The molecule has 0 spiro atoms. The number of halogens is 3. The highest BCUT2D eigenvalue weighted by atomic mass is 19.3. The van der Waals surface area contributed by atoms with Gasteiger partial charge in [-0.05, 0) is 50.3 Å². The molecule has 25 heavy (non-hydrogen) atoms. The van der Waals surface area contributed by atoms with Crippen molar-refractivity contribution in [1.29, 1.82) is 0 Å². The lowest BCUT2D eigenvalue weighted by Gasteiger charge is -2.26. The van der Waals surface area contributed by atoms with Crippen LogP contribution in [0.1, 0.15) is 38.2 Å². The third-order valence-electron chi connectivity index (χ3n) is 4.03. The summed E-state index contributed by atoms with van der Waals surface area (Å²) in [6, 6.07) is 4.26. The molecule has 0 radical (unpaired) electrons. The second-order valence-electron chi connectivity index (χ2n) is 6.23. The maximum Gasteiger partial charge on any atom is 0.397 e. The van der Waals surface area contributed by atoms with E-state index in [1.807, 2.05) is 6.92 Å². The van der Waals surface area contributed by atoms with Gasteiger partial charge in [-0.1, -0.05) is 6.07 Å². The van der Waals surface area contributed by atoms with Crippen molar-refractivity contribution >= 4 is 5.97 Å². The average Bonchev–Trinajstić information content (AvgIpc) is 2.96. The molecule has 0 aliphatic heterocycles. The zero-order valence-corrected chi connectivity index (χ0v) is 13.9. The molecule has 5 nitrogen and oxygen atoms in total. The molecule has 1 aromatic rings. The number of carboxylic acids is 1. The summed E-state index contributed by atoms with van der Waals surface area (Å²) < 4.78 is 54.0. The Balaban J connectivity index is 1.82. The number of benzene rings is 1. The topological polar surface area (TPSA) is 67.8 Å². The number of rotatable bonds is 9. The number of carboxylic acid groups (broad SMARTS) is 1. The van der Waals surface area contributed by atoms with Crippen LogP contribution in [-0.2, 0) is 20.9 Å². The van der Waals surface area contributed by atoms with Crippen LogP contribution in [-0.4, -0.2) is 30.9 Å². The highest BCUT2D eigenvalue weighted by Crippen LogP contribution is 2.35. The molecule has 0 saturated heterocycles. The van der Waals surface area contributed by atoms with Gasteiger partial charge in [0.1, 0.15) is 11.6 Å². The van der Waals surface area contributed by atoms with Gasteiger partial charge in [0.2, 0.25) is 0 Å². The molecule has 0 heterocycles. The van der Waals surface area contributed by atoms with E-state index in [4.69, 9.17) is 9.47 Å². The van der Waals surface area contributed by atoms with Gasteiger partial charge in [-0.25, -0.2) is 4.39 Å². The predicted molar refractivity (Wildman–Crippen MR) is 79.5 cm³/mol. The minimum Gasteiger partial charge on any atom is -0.542 e. The van der Waals surface area contributed by atoms with Crippen molar-refractivity contribution in [2.45, 2.75) is 50.9 Å². The van der Waals surface area contributed by atoms with E-state index in [1.165, 1.54) is 18.2 Å². The molecule has 1 saturated carbocycles. The summed E-state index contributed by atoms with van der Waals surface area (Å²) >= 11 is 0. The summed E-state index contributed by atoms with van der Waals surface area (Å²) in [7, 11) is 0. The molecule has 1 aliphatic rings. The minimum atomic E-state index is -4.35. The maximum atomic E-state index is 13.9. The summed E-state index contributed by atoms with van der Waals surface area (Å²) in [5.74, 6) is -2.95. The molecule has 1 aromatic carbocycles. The molecule has 1 fully saturated rings. The molecule has 0 atom stereocenters. The van der Waals surface area contributed by atoms with Crippen LogP contribution < -0.4 is 9.84 Å². The maximum absolute atomic E-state index is 13.9. The van der Waals surface area contributed by atoms with Crippen LogP contribution in [0, 0.1) is 5.82 Å². The standard InChI is InChI=1S/C17H21F3O5/c1-16(6-2-3-7-16)25-14-10-12(4-5-13(14)18)11-23-8-9-24-17(19,20)15(21)22/h4-5,10H,2-3,6-9,11H2,1H3,(H,21,22)/p-1. The Hall–Kier alpha value is -1.80. The lowest BCUT2D eigenvalue weighted by Crippen LogP contribution is -2.44. The smallest absolute Gasteiger partial charge is 0.397 e. The fourth-order valence-corrected chi connectivity index (χ4v) is 2.68. The second-order valence-corrected chi connectivity index (χ2v) is 6.23. The quantitative estimate of drug-likeness (QED) is 0.632. The second kappa shape index (κ2) is 8.05. The van der Waals surface area contributed by atoms with Crippen LogP contribution in [0.4, 0.5) is 13.2 Å². The molecular formula is C17H20F3O5-. The summed E-state index contributed by atoms with van der Waals surface area (Å²) in [5.41, 5.74) is 0.217. The summed E-state index contributed by atoms with van der Waals surface area (Å²) in [6.45, 7) is 1.09. The molecule has 0 N–H and O–H groups in total. The van der Waals surface area contributed by atoms with Gasteiger partial charge in [0.25, 0.3) is 0 Å². The first-order valence-corrected chi connectivity index (χ1v) is 8.00. The Kier molecular flexibility index (Phi) is 6.29. The lowest BCUT2D eigenvalue weighted by atomic mass is 10.1. The zero-order valence-electron chi connectivity index (χ0n) is 13.9. The van der Waals surface area contributed by atoms with Crippen LogP contribution in [0.3, 0.4) is 0 Å². The van der Waals surface area contributed by atoms with Gasteiger partial charge in [0.15, 0.2) is 11.6 Å². The molecule has 0 bridgehead atoms. The van der Waals surface area contributed by atoms with Crippen molar-refractivity contribution in [3.8, 4) is 5.75 Å². The molecule has 0 aromatic heterocycles. The molecule has 0 amide bonds. The fraction of sp³-hybridized carbons (Fsp3) is 0.588. The number of carbonyl (C=O) groups excluding carboxylic acids is 1. The van der Waals surface area contributed by atoms with Crippen molar-refractivity contribution in [2.75, 3.05) is 13.2 Å². The van der Waals surface area contributed by atoms with Gasteiger partial charge in [0.05, 0.1) is 19.8 Å². The van der Waals surface area contributed by atoms with E-state index in [9.17, 15) is 23.1 Å². The van der Waals surface area contributed by atoms with E-state index in [2.05, 4.69) is 4.74 Å². The van der Waals surface area contributed by atoms with Crippen molar-refractivity contribution in [1.82, 2.24) is 0 Å². The first-order valence-electron chi connectivity index (χ1n) is 8.00. The van der Waals surface area contributed by atoms with Crippen LogP contribution in [0.25, 0.3) is 0 Å². The SMILES string of the molecule is CC1(Oc2cc(COCCOC(F)(F)C(=O)[O-])ccc2F)CCCC1. The van der Waals surface area contributed by atoms with E-state index in [-0.39, 0.29) is 24.6 Å². The van der Waals surface area contributed by atoms with Gasteiger partial charge < -0.3 is 24.1 Å². The van der Waals surface area contributed by atoms with Crippen molar-refractivity contribution < 1.29 is 37.3 Å². The van der Waals surface area contributed by atoms with Crippen LogP contribution >= 0.6 is 0 Å². The Morgan fingerprint density at radius 1 is 1.28 bits per heavy atom. The number of aliphatic carboxylic acids is 1. The highest BCUT2D eigenvalue weighted by molar-refractivity contribution is 5.71. The largest absolute Gasteiger partial charge is 0.542 e. The minimum absolute atomic E-state index is 0.0214. The monoisotopic (exact) mass is 361 g/mol. The molecule has 8 heteroatoms. The molecule has 1 aliphatic carbocycles. The zero-order chi connectivity index (χ0) is 18.5. The fourth-order valence-electron chi connectivity index (χ4n) is 2.68. The van der Waals surface area contributed by atoms with E-state index in [1.54, 1.807) is 0 Å². The first kappa shape index (κ1) is 19.5. The Morgan fingerprint density at radius 3 is 2.60 bits per heavy atom. The Bertz CT molecular complexity index is 600. The number of carbonyl (C=O) groups is 1. The van der Waals surface area contributed by atoms with Crippen molar-refractivity contribution in [3.05, 3.63) is 29.6 Å². The Morgan fingerprint density at radius 2 is 1.96 bits per heavy atom. The summed E-state index contributed by atoms with van der Waals surface area (Å²) in [4.78, 5) is 10.1. The predicted octanol–water partition coefficient (Wildman–Crippen LogP) is 2.41. The van der Waals surface area contributed by atoms with E-state index < -0.39 is 24.5 Å². The van der Waals surface area contributed by atoms with Crippen LogP contribution in [0.5, 0.6) is 5.75 Å². The number of hydrogen-bond donors (Lipinski definition) is 0. The third-order valence-corrected chi connectivity index (χ3v) is 4.03. The third kappa shape index (κ3) is 5.61. The number of hydrogen-bond acceptors (Lipinski definition) is 5. The van der Waals surface area contributed by atoms with Gasteiger partial charge in [0, 0.05) is 0 Å².